The number of hydrogen-bond donors (Lipinski definition) is 2. The molecule has 1 atom stereocenters. The number of urea groups is 1. The van der Waals surface area contributed by atoms with E-state index in [9.17, 15) is 4.79 Å². The zero-order chi connectivity index (χ0) is 19.3. The van der Waals surface area contributed by atoms with Gasteiger partial charge in [-0.05, 0) is 44.0 Å². The Balaban J connectivity index is 1.47. The highest BCUT2D eigenvalue weighted by molar-refractivity contribution is 5.80. The van der Waals surface area contributed by atoms with Crippen LogP contribution in [0.25, 0.3) is 22.3 Å². The number of rotatable bonds is 2. The van der Waals surface area contributed by atoms with E-state index in [-0.39, 0.29) is 11.4 Å². The van der Waals surface area contributed by atoms with Crippen molar-refractivity contribution < 1.29 is 4.79 Å². The molecular weight excluding hydrogens is 354 g/mol. The average molecular weight is 377 g/mol. The molecule has 3 aromatic heterocycles. The van der Waals surface area contributed by atoms with E-state index in [1.54, 1.807) is 6.07 Å². The van der Waals surface area contributed by atoms with Gasteiger partial charge in [0.25, 0.3) is 0 Å². The first-order valence-electron chi connectivity index (χ1n) is 9.72. The number of amides is 2. The summed E-state index contributed by atoms with van der Waals surface area (Å²) in [5, 5.41) is 7.72. The number of carbonyl (C=O) groups excluding carboxylic acids is 1. The number of hydrogen-bond acceptors (Lipinski definition) is 5. The summed E-state index contributed by atoms with van der Waals surface area (Å²) >= 11 is 0. The van der Waals surface area contributed by atoms with Gasteiger partial charge < -0.3 is 16.0 Å². The number of nitrogens with zero attached hydrogens (tertiary/aromatic N) is 5. The molecule has 144 valence electrons. The van der Waals surface area contributed by atoms with Gasteiger partial charge in [0.1, 0.15) is 5.82 Å². The molecule has 0 aromatic carbocycles. The van der Waals surface area contributed by atoms with Crippen molar-refractivity contribution in [3.63, 3.8) is 0 Å². The third-order valence-corrected chi connectivity index (χ3v) is 5.95. The molecule has 2 aliphatic rings. The van der Waals surface area contributed by atoms with E-state index in [1.165, 1.54) is 5.69 Å². The number of aryl methyl sites for hydroxylation is 1. The van der Waals surface area contributed by atoms with Crippen molar-refractivity contribution in [2.75, 3.05) is 25.4 Å². The molecule has 1 saturated heterocycles. The fourth-order valence-corrected chi connectivity index (χ4v) is 4.49. The van der Waals surface area contributed by atoms with Crippen LogP contribution >= 0.6 is 0 Å². The van der Waals surface area contributed by atoms with Gasteiger partial charge in [-0.15, -0.1) is 0 Å². The zero-order valence-corrected chi connectivity index (χ0v) is 15.9. The maximum Gasteiger partial charge on any atom is 0.317 e. The lowest BCUT2D eigenvalue weighted by Gasteiger charge is -2.23. The fourth-order valence-electron chi connectivity index (χ4n) is 4.49. The molecule has 5 rings (SSSR count). The van der Waals surface area contributed by atoms with Crippen LogP contribution in [0.1, 0.15) is 25.5 Å². The van der Waals surface area contributed by atoms with Gasteiger partial charge in [-0.3, -0.25) is 9.67 Å². The second-order valence-corrected chi connectivity index (χ2v) is 7.67. The van der Waals surface area contributed by atoms with E-state index >= 15 is 0 Å². The highest BCUT2D eigenvalue weighted by Gasteiger charge is 2.46. The molecule has 0 aliphatic carbocycles. The predicted molar refractivity (Wildman–Crippen MR) is 107 cm³/mol. The third-order valence-electron chi connectivity index (χ3n) is 5.95. The van der Waals surface area contributed by atoms with Crippen LogP contribution in [0, 0.1) is 0 Å². The Labute approximate surface area is 162 Å². The molecule has 1 spiro atoms. The maximum atomic E-state index is 12.2. The highest BCUT2D eigenvalue weighted by atomic mass is 16.2. The Morgan fingerprint density at radius 1 is 1.25 bits per heavy atom. The highest BCUT2D eigenvalue weighted by Crippen LogP contribution is 2.43. The van der Waals surface area contributed by atoms with Crippen LogP contribution in [0.2, 0.25) is 0 Å². The normalized spacial score (nSPS) is 20.8. The summed E-state index contributed by atoms with van der Waals surface area (Å²) in [6.45, 7) is 5.01. The molecule has 3 aromatic rings. The van der Waals surface area contributed by atoms with Crippen LogP contribution in [0.15, 0.2) is 30.5 Å². The predicted octanol–water partition coefficient (Wildman–Crippen LogP) is 2.15. The van der Waals surface area contributed by atoms with Gasteiger partial charge in [0, 0.05) is 49.0 Å². The number of fused-ring (bicyclic) bond motifs is 3. The van der Waals surface area contributed by atoms with Crippen molar-refractivity contribution >= 4 is 22.9 Å². The Bertz CT molecular complexity index is 1080. The van der Waals surface area contributed by atoms with Gasteiger partial charge in [-0.2, -0.15) is 5.10 Å². The smallest absolute Gasteiger partial charge is 0.317 e. The second kappa shape index (κ2) is 6.19. The molecule has 5 heterocycles. The summed E-state index contributed by atoms with van der Waals surface area (Å²) in [5.74, 6) is 0.481. The number of carbonyl (C=O) groups is 1. The summed E-state index contributed by atoms with van der Waals surface area (Å²) < 4.78 is 2.09. The number of anilines is 1. The molecule has 0 radical (unpaired) electrons. The lowest BCUT2D eigenvalue weighted by molar-refractivity contribution is 0.206. The summed E-state index contributed by atoms with van der Waals surface area (Å²) in [5.41, 5.74) is 10.4. The Morgan fingerprint density at radius 2 is 2.11 bits per heavy atom. The first-order chi connectivity index (χ1) is 13.6. The molecule has 8 nitrogen and oxygen atoms in total. The molecule has 8 heteroatoms. The van der Waals surface area contributed by atoms with E-state index in [0.717, 1.165) is 54.8 Å². The summed E-state index contributed by atoms with van der Waals surface area (Å²) in [6.07, 6.45) is 3.84. The molecule has 28 heavy (non-hydrogen) atoms. The van der Waals surface area contributed by atoms with Crippen molar-refractivity contribution in [3.8, 4) is 11.3 Å². The molecule has 1 unspecified atom stereocenters. The van der Waals surface area contributed by atoms with Gasteiger partial charge in [-0.25, -0.2) is 9.78 Å². The second-order valence-electron chi connectivity index (χ2n) is 7.67. The largest absolute Gasteiger partial charge is 0.384 e. The van der Waals surface area contributed by atoms with Crippen molar-refractivity contribution in [2.24, 2.45) is 0 Å². The van der Waals surface area contributed by atoms with Gasteiger partial charge in [-0.1, -0.05) is 0 Å². The maximum absolute atomic E-state index is 12.2. The van der Waals surface area contributed by atoms with Crippen LogP contribution in [0.3, 0.4) is 0 Å². The van der Waals surface area contributed by atoms with E-state index in [1.807, 2.05) is 30.2 Å². The van der Waals surface area contributed by atoms with Crippen LogP contribution in [0.4, 0.5) is 10.6 Å². The lowest BCUT2D eigenvalue weighted by Crippen LogP contribution is -2.40. The third kappa shape index (κ3) is 2.59. The van der Waals surface area contributed by atoms with Crippen molar-refractivity contribution in [1.82, 2.24) is 30.0 Å². The number of aromatic nitrogens is 4. The number of likely N-dealkylation sites (tertiary alicyclic amines) is 1. The molecule has 2 aliphatic heterocycles. The van der Waals surface area contributed by atoms with Crippen LogP contribution in [0.5, 0.6) is 0 Å². The Hall–Kier alpha value is -3.16. The SMILES string of the molecule is CCNC(=O)N1CCC2(CCn3nc(-c4cnc5ccc(N)nc5c4)cc32)C1. The van der Waals surface area contributed by atoms with Gasteiger partial charge >= 0.3 is 6.03 Å². The number of nitrogens with one attached hydrogen (secondary N) is 1. The van der Waals surface area contributed by atoms with E-state index in [4.69, 9.17) is 10.8 Å². The minimum atomic E-state index is 0.00326. The standard InChI is InChI=1S/C20H23N7O/c1-2-22-19(28)26-7-5-20(12-26)6-8-27-17(20)10-15(25-27)13-9-16-14(23-11-13)3-4-18(21)24-16/h3-4,9-11H,2,5-8,12H2,1H3,(H2,21,24)(H,22,28). The first-order valence-corrected chi connectivity index (χ1v) is 9.72. The van der Waals surface area contributed by atoms with E-state index < -0.39 is 0 Å². The topological polar surface area (TPSA) is 102 Å². The summed E-state index contributed by atoms with van der Waals surface area (Å²) in [4.78, 5) is 23.0. The minimum Gasteiger partial charge on any atom is -0.384 e. The van der Waals surface area contributed by atoms with Crippen LogP contribution < -0.4 is 11.1 Å². The van der Waals surface area contributed by atoms with Gasteiger partial charge in [0.05, 0.1) is 16.7 Å². The van der Waals surface area contributed by atoms with E-state index in [2.05, 4.69) is 26.0 Å². The van der Waals surface area contributed by atoms with Gasteiger partial charge in [0.2, 0.25) is 0 Å². The minimum absolute atomic E-state index is 0.00326. The molecule has 1 fully saturated rings. The molecule has 0 bridgehead atoms. The lowest BCUT2D eigenvalue weighted by atomic mass is 9.82. The molecule has 3 N–H and O–H groups in total. The Morgan fingerprint density at radius 3 is 2.96 bits per heavy atom. The number of pyridine rings is 2. The van der Waals surface area contributed by atoms with Crippen LogP contribution in [-0.2, 0) is 12.0 Å². The monoisotopic (exact) mass is 377 g/mol. The van der Waals surface area contributed by atoms with Crippen molar-refractivity contribution in [1.29, 1.82) is 0 Å². The molecular formula is C20H23N7O. The first kappa shape index (κ1) is 17.0. The molecule has 2 amide bonds. The quantitative estimate of drug-likeness (QED) is 0.712. The van der Waals surface area contributed by atoms with E-state index in [0.29, 0.717) is 12.4 Å². The summed E-state index contributed by atoms with van der Waals surface area (Å²) in [6, 6.07) is 7.80. The van der Waals surface area contributed by atoms with Crippen molar-refractivity contribution in [2.45, 2.75) is 31.7 Å². The summed E-state index contributed by atoms with van der Waals surface area (Å²) in [7, 11) is 0. The number of nitrogen functional groups attached to an aromatic ring is 1. The fraction of sp³-hybridized carbons (Fsp3) is 0.400. The zero-order valence-electron chi connectivity index (χ0n) is 15.9. The molecule has 0 saturated carbocycles. The number of nitrogens with two attached hydrogens (primary N) is 1. The average Bonchev–Trinajstić information content (AvgIpc) is 3.38. The van der Waals surface area contributed by atoms with Crippen LogP contribution in [-0.4, -0.2) is 50.3 Å². The Kier molecular flexibility index (Phi) is 3.75. The van der Waals surface area contributed by atoms with Crippen molar-refractivity contribution in [3.05, 3.63) is 36.2 Å². The van der Waals surface area contributed by atoms with Gasteiger partial charge in [0.15, 0.2) is 0 Å².